The molecule has 0 spiro atoms. The monoisotopic (exact) mass is 443 g/mol. The van der Waals surface area contributed by atoms with Gasteiger partial charge in [-0.15, -0.1) is 5.10 Å². The molecule has 0 atom stereocenters. The maximum Gasteiger partial charge on any atom is 0.221 e. The first-order valence-corrected chi connectivity index (χ1v) is 13.0. The quantitative estimate of drug-likeness (QED) is 0.380. The van der Waals surface area contributed by atoms with Gasteiger partial charge in [-0.05, 0) is 54.8 Å². The molecule has 0 saturated heterocycles. The fourth-order valence-electron chi connectivity index (χ4n) is 3.60. The average molecular weight is 443 g/mol. The largest absolute Gasteiger partial charge is 0.339 e. The van der Waals surface area contributed by atoms with Crippen LogP contribution in [0.15, 0.2) is 67.0 Å². The van der Waals surface area contributed by atoms with Gasteiger partial charge in [0.15, 0.2) is 11.5 Å². The summed E-state index contributed by atoms with van der Waals surface area (Å²) in [4.78, 5) is 13.4. The highest BCUT2D eigenvalue weighted by atomic mass is 31.2. The van der Waals surface area contributed by atoms with E-state index in [0.29, 0.717) is 29.8 Å². The Morgan fingerprint density at radius 3 is 2.62 bits per heavy atom. The minimum absolute atomic E-state index is 0.495. The lowest BCUT2D eigenvalue weighted by molar-refractivity contribution is 0.582. The first-order valence-electron chi connectivity index (χ1n) is 10.2. The summed E-state index contributed by atoms with van der Waals surface area (Å²) in [5.74, 6) is 0.605. The van der Waals surface area contributed by atoms with E-state index in [-0.39, 0.29) is 0 Å². The van der Waals surface area contributed by atoms with E-state index < -0.39 is 7.14 Å². The summed E-state index contributed by atoms with van der Waals surface area (Å²) < 4.78 is 13.8. The van der Waals surface area contributed by atoms with Gasteiger partial charge in [-0.3, -0.25) is 4.98 Å². The van der Waals surface area contributed by atoms with Crippen LogP contribution in [0.3, 0.4) is 0 Å². The van der Waals surface area contributed by atoms with Crippen molar-refractivity contribution < 1.29 is 4.57 Å². The van der Waals surface area contributed by atoms with Crippen LogP contribution in [0, 0.1) is 0 Å². The topological polar surface area (TPSA) is 98.5 Å². The first-order chi connectivity index (χ1) is 15.4. The van der Waals surface area contributed by atoms with E-state index >= 15 is 0 Å². The number of nitrogens with one attached hydrogen (secondary N) is 1. The molecular weight excluding hydrogens is 421 g/mol. The van der Waals surface area contributed by atoms with Crippen LogP contribution in [0.25, 0.3) is 22.2 Å². The molecule has 0 saturated carbocycles. The van der Waals surface area contributed by atoms with Gasteiger partial charge in [-0.25, -0.2) is 14.6 Å². The van der Waals surface area contributed by atoms with E-state index in [9.17, 15) is 4.57 Å². The van der Waals surface area contributed by atoms with Crippen LogP contribution in [0.2, 0.25) is 0 Å². The molecule has 0 radical (unpaired) electrons. The molecule has 0 aliphatic carbocycles. The van der Waals surface area contributed by atoms with Crippen molar-refractivity contribution in [3.05, 3.63) is 78.1 Å². The van der Waals surface area contributed by atoms with Crippen LogP contribution in [-0.4, -0.2) is 43.3 Å². The van der Waals surface area contributed by atoms with Crippen LogP contribution < -0.4 is 5.32 Å². The number of hydrogen-bond donors (Lipinski definition) is 1. The van der Waals surface area contributed by atoms with E-state index in [1.165, 1.54) is 0 Å². The molecule has 5 aromatic rings. The maximum absolute atomic E-state index is 12.0. The maximum atomic E-state index is 12.0. The molecule has 0 amide bonds. The van der Waals surface area contributed by atoms with Gasteiger partial charge in [0.25, 0.3) is 0 Å². The van der Waals surface area contributed by atoms with E-state index in [0.717, 1.165) is 27.7 Å². The Morgan fingerprint density at radius 1 is 1.00 bits per heavy atom. The highest BCUT2D eigenvalue weighted by Gasteiger charge is 2.11. The normalized spacial score (nSPS) is 11.8. The molecule has 1 N–H and O–H groups in total. The summed E-state index contributed by atoms with van der Waals surface area (Å²) in [6.07, 6.45) is 4.02. The molecule has 0 fully saturated rings. The number of hydrogen-bond acceptors (Lipinski definition) is 7. The molecule has 0 aliphatic heterocycles. The van der Waals surface area contributed by atoms with Crippen LogP contribution in [0.1, 0.15) is 11.1 Å². The van der Waals surface area contributed by atoms with E-state index in [4.69, 9.17) is 0 Å². The zero-order valence-corrected chi connectivity index (χ0v) is 18.7. The lowest BCUT2D eigenvalue weighted by Gasteiger charge is -2.09. The lowest BCUT2D eigenvalue weighted by Crippen LogP contribution is -2.04. The first kappa shape index (κ1) is 20.3. The van der Waals surface area contributed by atoms with Crippen molar-refractivity contribution in [3.8, 4) is 0 Å². The number of benzene rings is 2. The second-order valence-electron chi connectivity index (χ2n) is 8.23. The lowest BCUT2D eigenvalue weighted by atomic mass is 10.1. The van der Waals surface area contributed by atoms with E-state index in [1.54, 1.807) is 30.4 Å². The smallest absolute Gasteiger partial charge is 0.221 e. The molecule has 5 rings (SSSR count). The number of aromatic nitrogens is 6. The van der Waals surface area contributed by atoms with Crippen molar-refractivity contribution in [3.63, 3.8) is 0 Å². The van der Waals surface area contributed by atoms with Crippen LogP contribution in [0.5, 0.6) is 0 Å². The third-order valence-electron chi connectivity index (χ3n) is 5.02. The SMILES string of the molecule is CP(C)(=O)Cc1ccc(Nc2cnc3nnn(Cc4ccc5ncccc5c4)c3n2)cc1. The summed E-state index contributed by atoms with van der Waals surface area (Å²) in [5.41, 5.74) is 5.07. The van der Waals surface area contributed by atoms with E-state index in [1.807, 2.05) is 48.5 Å². The third-order valence-corrected chi connectivity index (χ3v) is 6.14. The fraction of sp³-hybridized carbons (Fsp3) is 0.174. The van der Waals surface area contributed by atoms with E-state index in [2.05, 4.69) is 36.6 Å². The number of pyridine rings is 1. The van der Waals surface area contributed by atoms with Crippen molar-refractivity contribution in [1.82, 2.24) is 29.9 Å². The van der Waals surface area contributed by atoms with Gasteiger partial charge in [-0.1, -0.05) is 29.5 Å². The molecule has 3 heterocycles. The minimum atomic E-state index is -2.10. The number of nitrogens with zero attached hydrogens (tertiary/aromatic N) is 6. The highest BCUT2D eigenvalue weighted by Crippen LogP contribution is 2.40. The van der Waals surface area contributed by atoms with Crippen LogP contribution in [0.4, 0.5) is 11.5 Å². The Bertz CT molecular complexity index is 1460. The van der Waals surface area contributed by atoms with Gasteiger partial charge in [-0.2, -0.15) is 0 Å². The summed E-state index contributed by atoms with van der Waals surface area (Å²) in [6, 6.07) is 18.0. The number of anilines is 2. The molecule has 3 aromatic heterocycles. The second-order valence-corrected chi connectivity index (χ2v) is 11.7. The minimum Gasteiger partial charge on any atom is -0.339 e. The highest BCUT2D eigenvalue weighted by molar-refractivity contribution is 7.61. The second kappa shape index (κ2) is 8.13. The van der Waals surface area contributed by atoms with Crippen molar-refractivity contribution in [2.24, 2.45) is 0 Å². The molecule has 0 bridgehead atoms. The number of fused-ring (bicyclic) bond motifs is 2. The van der Waals surface area contributed by atoms with Crippen molar-refractivity contribution >= 4 is 40.8 Å². The third kappa shape index (κ3) is 4.50. The fourth-order valence-corrected chi connectivity index (χ4v) is 4.69. The zero-order chi connectivity index (χ0) is 22.1. The Labute approximate surface area is 185 Å². The molecule has 160 valence electrons. The Morgan fingerprint density at radius 2 is 1.81 bits per heavy atom. The van der Waals surface area contributed by atoms with Gasteiger partial charge in [0.2, 0.25) is 5.65 Å². The molecule has 9 heteroatoms. The van der Waals surface area contributed by atoms with Crippen molar-refractivity contribution in [2.45, 2.75) is 12.7 Å². The van der Waals surface area contributed by atoms with Gasteiger partial charge in [0.05, 0.1) is 25.4 Å². The Hall–Kier alpha value is -3.64. The van der Waals surface area contributed by atoms with Crippen molar-refractivity contribution in [1.29, 1.82) is 0 Å². The summed E-state index contributed by atoms with van der Waals surface area (Å²) in [6.45, 7) is 4.13. The summed E-state index contributed by atoms with van der Waals surface area (Å²) in [7, 11) is -2.10. The molecule has 0 aliphatic rings. The van der Waals surface area contributed by atoms with Crippen molar-refractivity contribution in [2.75, 3.05) is 18.6 Å². The number of rotatable bonds is 6. The average Bonchev–Trinajstić information content (AvgIpc) is 3.16. The standard InChI is InChI=1S/C23H22N7OP/c1-32(2,31)15-16-5-8-19(9-6-16)26-21-13-25-22-23(27-21)30(29-28-22)14-17-7-10-20-18(12-17)4-3-11-24-20/h3-13H,14-15H2,1-2H3,(H,26,27). The van der Waals surface area contributed by atoms with Gasteiger partial charge in [0.1, 0.15) is 0 Å². The molecular formula is C23H22N7OP. The summed E-state index contributed by atoms with van der Waals surface area (Å²) >= 11 is 0. The van der Waals surface area contributed by atoms with Gasteiger partial charge in [0, 0.05) is 23.4 Å². The zero-order valence-electron chi connectivity index (χ0n) is 17.8. The predicted molar refractivity (Wildman–Crippen MR) is 127 cm³/mol. The van der Waals surface area contributed by atoms with Crippen LogP contribution >= 0.6 is 7.14 Å². The predicted octanol–water partition coefficient (Wildman–Crippen LogP) is 4.68. The van der Waals surface area contributed by atoms with Gasteiger partial charge >= 0.3 is 0 Å². The summed E-state index contributed by atoms with van der Waals surface area (Å²) in [5, 5.41) is 12.7. The molecule has 2 aromatic carbocycles. The Kier molecular flexibility index (Phi) is 5.15. The molecule has 8 nitrogen and oxygen atoms in total. The Balaban J connectivity index is 1.38. The van der Waals surface area contributed by atoms with Gasteiger partial charge < -0.3 is 9.88 Å². The molecule has 32 heavy (non-hydrogen) atoms. The van der Waals surface area contributed by atoms with Crippen LogP contribution in [-0.2, 0) is 17.3 Å². The molecule has 0 unspecified atom stereocenters.